The number of hydrogen-bond donors (Lipinski definition) is 2. The Hall–Kier alpha value is -2.22. The van der Waals surface area contributed by atoms with Gasteiger partial charge >= 0.3 is 5.97 Å². The number of aromatic carboxylic acids is 1. The van der Waals surface area contributed by atoms with Crippen LogP contribution < -0.4 is 10.9 Å². The topological polar surface area (TPSA) is 101 Å². The Kier molecular flexibility index (Phi) is 3.58. The van der Waals surface area contributed by atoms with E-state index in [4.69, 9.17) is 5.11 Å². The van der Waals surface area contributed by atoms with Crippen molar-refractivity contribution in [3.8, 4) is 0 Å². The first-order valence-electron chi connectivity index (χ1n) is 5.81. The molecule has 0 aliphatic rings. The number of carbonyl (C=O) groups excluding carboxylic acids is 1. The lowest BCUT2D eigenvalue weighted by Gasteiger charge is -2.08. The third kappa shape index (κ3) is 2.18. The van der Waals surface area contributed by atoms with Crippen molar-refractivity contribution in [3.63, 3.8) is 0 Å². The Labute approximate surface area is 117 Å². The molecule has 8 heteroatoms. The number of carboxylic acid groups (broad SMARTS) is 1. The van der Waals surface area contributed by atoms with Gasteiger partial charge in [0, 0.05) is 7.05 Å². The maximum Gasteiger partial charge on any atom is 0.346 e. The van der Waals surface area contributed by atoms with Crippen molar-refractivity contribution in [2.75, 3.05) is 7.05 Å². The Morgan fingerprint density at radius 3 is 2.60 bits per heavy atom. The smallest absolute Gasteiger partial charge is 0.346 e. The van der Waals surface area contributed by atoms with Crippen molar-refractivity contribution in [1.82, 2.24) is 14.9 Å². The van der Waals surface area contributed by atoms with E-state index in [9.17, 15) is 14.4 Å². The molecule has 2 rings (SSSR count). The van der Waals surface area contributed by atoms with Crippen LogP contribution in [-0.4, -0.2) is 33.6 Å². The molecular weight excluding hydrogens is 282 g/mol. The number of likely N-dealkylation sites (N-methyl/N-ethyl adjacent to an activating group) is 1. The van der Waals surface area contributed by atoms with E-state index in [1.807, 2.05) is 0 Å². The Balaban J connectivity index is 2.74. The molecule has 20 heavy (non-hydrogen) atoms. The Morgan fingerprint density at radius 2 is 2.05 bits per heavy atom. The summed E-state index contributed by atoms with van der Waals surface area (Å²) in [6.07, 6.45) is 0. The molecule has 2 N–H and O–H groups in total. The summed E-state index contributed by atoms with van der Waals surface area (Å²) in [5, 5.41) is 11.8. The predicted molar refractivity (Wildman–Crippen MR) is 74.4 cm³/mol. The van der Waals surface area contributed by atoms with Crippen molar-refractivity contribution in [2.24, 2.45) is 0 Å². The minimum absolute atomic E-state index is 0.0988. The van der Waals surface area contributed by atoms with Crippen molar-refractivity contribution in [2.45, 2.75) is 20.4 Å². The molecule has 0 atom stereocenters. The lowest BCUT2D eigenvalue weighted by molar-refractivity contribution is -0.121. The maximum atomic E-state index is 12.4. The first-order chi connectivity index (χ1) is 9.36. The van der Waals surface area contributed by atoms with Crippen LogP contribution in [0, 0.1) is 13.8 Å². The molecule has 2 aromatic rings. The van der Waals surface area contributed by atoms with Gasteiger partial charge in [0.2, 0.25) is 5.91 Å². The average molecular weight is 295 g/mol. The SMILES string of the molecule is CNC(=O)Cn1c(C)nc2sc(C(=O)O)c(C)c2c1=O. The van der Waals surface area contributed by atoms with E-state index in [1.165, 1.54) is 11.6 Å². The lowest BCUT2D eigenvalue weighted by Crippen LogP contribution is -2.32. The van der Waals surface area contributed by atoms with Crippen LogP contribution in [0.3, 0.4) is 0 Å². The van der Waals surface area contributed by atoms with Crippen LogP contribution in [0.4, 0.5) is 0 Å². The Morgan fingerprint density at radius 1 is 1.40 bits per heavy atom. The molecule has 2 heterocycles. The van der Waals surface area contributed by atoms with Gasteiger partial charge < -0.3 is 10.4 Å². The van der Waals surface area contributed by atoms with Crippen LogP contribution in [0.5, 0.6) is 0 Å². The quantitative estimate of drug-likeness (QED) is 0.859. The summed E-state index contributed by atoms with van der Waals surface area (Å²) >= 11 is 0.969. The molecule has 0 unspecified atom stereocenters. The number of aryl methyl sites for hydroxylation is 2. The molecule has 0 radical (unpaired) electrons. The number of rotatable bonds is 3. The highest BCUT2D eigenvalue weighted by molar-refractivity contribution is 7.20. The molecule has 0 aromatic carbocycles. The van der Waals surface area contributed by atoms with Gasteiger partial charge in [-0.15, -0.1) is 11.3 Å². The third-order valence-electron chi connectivity index (χ3n) is 3.02. The molecule has 0 aliphatic carbocycles. The normalized spacial score (nSPS) is 10.8. The largest absolute Gasteiger partial charge is 0.477 e. The van der Waals surface area contributed by atoms with Gasteiger partial charge in [0.1, 0.15) is 22.1 Å². The molecule has 0 bridgehead atoms. The first-order valence-corrected chi connectivity index (χ1v) is 6.62. The number of nitrogens with one attached hydrogen (secondary N) is 1. The van der Waals surface area contributed by atoms with E-state index in [-0.39, 0.29) is 22.7 Å². The summed E-state index contributed by atoms with van der Waals surface area (Å²) in [6, 6.07) is 0. The van der Waals surface area contributed by atoms with E-state index >= 15 is 0 Å². The summed E-state index contributed by atoms with van der Waals surface area (Å²) < 4.78 is 1.24. The van der Waals surface area contributed by atoms with Crippen LogP contribution in [0.1, 0.15) is 21.1 Å². The van der Waals surface area contributed by atoms with Gasteiger partial charge in [0.25, 0.3) is 5.56 Å². The number of aromatic nitrogens is 2. The van der Waals surface area contributed by atoms with Gasteiger partial charge in [-0.05, 0) is 19.4 Å². The van der Waals surface area contributed by atoms with Crippen molar-refractivity contribution < 1.29 is 14.7 Å². The second-order valence-electron chi connectivity index (χ2n) is 4.26. The zero-order valence-electron chi connectivity index (χ0n) is 11.2. The van der Waals surface area contributed by atoms with E-state index < -0.39 is 11.5 Å². The van der Waals surface area contributed by atoms with Crippen molar-refractivity contribution in [3.05, 3.63) is 26.6 Å². The zero-order valence-corrected chi connectivity index (χ0v) is 12.0. The summed E-state index contributed by atoms with van der Waals surface area (Å²) in [7, 11) is 1.48. The molecule has 1 amide bonds. The number of carbonyl (C=O) groups is 2. The zero-order chi connectivity index (χ0) is 15.0. The highest BCUT2D eigenvalue weighted by Crippen LogP contribution is 2.27. The fourth-order valence-electron chi connectivity index (χ4n) is 1.93. The molecule has 0 fully saturated rings. The monoisotopic (exact) mass is 295 g/mol. The molecule has 2 aromatic heterocycles. The molecule has 0 saturated carbocycles. The molecular formula is C12H13N3O4S. The molecule has 0 saturated heterocycles. The van der Waals surface area contributed by atoms with Crippen LogP contribution in [-0.2, 0) is 11.3 Å². The van der Waals surface area contributed by atoms with Gasteiger partial charge in [0.05, 0.1) is 5.39 Å². The number of hydrogen-bond acceptors (Lipinski definition) is 5. The molecule has 0 aliphatic heterocycles. The van der Waals surface area contributed by atoms with E-state index in [0.717, 1.165) is 11.3 Å². The number of amides is 1. The number of thiophene rings is 1. The van der Waals surface area contributed by atoms with Crippen molar-refractivity contribution >= 4 is 33.4 Å². The standard InChI is InChI=1S/C12H13N3O4S/c1-5-8-10(20-9(5)12(18)19)14-6(2)15(11(8)17)4-7(16)13-3/h4H2,1-3H3,(H,13,16)(H,18,19). The summed E-state index contributed by atoms with van der Waals surface area (Å²) in [4.78, 5) is 39.7. The maximum absolute atomic E-state index is 12.4. The average Bonchev–Trinajstić information content (AvgIpc) is 2.71. The minimum atomic E-state index is -1.08. The van der Waals surface area contributed by atoms with Gasteiger partial charge in [0.15, 0.2) is 0 Å². The predicted octanol–water partition coefficient (Wildman–Crippen LogP) is 0.519. The highest BCUT2D eigenvalue weighted by atomic mass is 32.1. The summed E-state index contributed by atoms with van der Waals surface area (Å²) in [5.41, 5.74) is -0.00185. The summed E-state index contributed by atoms with van der Waals surface area (Å²) in [5.74, 6) is -1.02. The molecule has 106 valence electrons. The van der Waals surface area contributed by atoms with Crippen LogP contribution >= 0.6 is 11.3 Å². The Bertz CT molecular complexity index is 775. The van der Waals surface area contributed by atoms with E-state index in [0.29, 0.717) is 16.2 Å². The molecule has 7 nitrogen and oxygen atoms in total. The van der Waals surface area contributed by atoms with Crippen LogP contribution in [0.2, 0.25) is 0 Å². The fourth-order valence-corrected chi connectivity index (χ4v) is 2.99. The second kappa shape index (κ2) is 5.04. The second-order valence-corrected chi connectivity index (χ2v) is 5.26. The number of carboxylic acids is 1. The fraction of sp³-hybridized carbons (Fsp3) is 0.333. The van der Waals surface area contributed by atoms with Gasteiger partial charge in [-0.3, -0.25) is 14.2 Å². The van der Waals surface area contributed by atoms with Crippen molar-refractivity contribution in [1.29, 1.82) is 0 Å². The first kappa shape index (κ1) is 14.2. The van der Waals surface area contributed by atoms with Gasteiger partial charge in [-0.25, -0.2) is 9.78 Å². The van der Waals surface area contributed by atoms with Gasteiger partial charge in [-0.1, -0.05) is 0 Å². The summed E-state index contributed by atoms with van der Waals surface area (Å²) in [6.45, 7) is 3.05. The van der Waals surface area contributed by atoms with Crippen LogP contribution in [0.15, 0.2) is 4.79 Å². The molecule has 0 spiro atoms. The minimum Gasteiger partial charge on any atom is -0.477 e. The van der Waals surface area contributed by atoms with E-state index in [1.54, 1.807) is 13.8 Å². The number of nitrogens with zero attached hydrogens (tertiary/aromatic N) is 2. The van der Waals surface area contributed by atoms with Gasteiger partial charge in [-0.2, -0.15) is 0 Å². The van der Waals surface area contributed by atoms with E-state index in [2.05, 4.69) is 10.3 Å². The van der Waals surface area contributed by atoms with Crippen LogP contribution in [0.25, 0.3) is 10.2 Å². The highest BCUT2D eigenvalue weighted by Gasteiger charge is 2.20. The third-order valence-corrected chi connectivity index (χ3v) is 4.19. The lowest BCUT2D eigenvalue weighted by atomic mass is 10.2. The number of fused-ring (bicyclic) bond motifs is 1.